The first-order chi connectivity index (χ1) is 13.2. The molecule has 0 aliphatic heterocycles. The molecule has 0 saturated heterocycles. The number of methoxy groups -OCH3 is 1. The Labute approximate surface area is 163 Å². The number of phenols is 1. The Bertz CT molecular complexity index is 586. The molecule has 0 heterocycles. The highest BCUT2D eigenvalue weighted by molar-refractivity contribution is 5.79. The van der Waals surface area contributed by atoms with Gasteiger partial charge < -0.3 is 25.2 Å². The second-order valence-electron chi connectivity index (χ2n) is 6.92. The van der Waals surface area contributed by atoms with Crippen molar-refractivity contribution >= 4 is 5.96 Å². The van der Waals surface area contributed by atoms with Crippen LogP contribution in [0.4, 0.5) is 0 Å². The maximum atomic E-state index is 10.2. The Morgan fingerprint density at radius 3 is 2.70 bits per heavy atom. The molecule has 1 unspecified atom stereocenters. The van der Waals surface area contributed by atoms with Gasteiger partial charge in [-0.1, -0.05) is 25.0 Å². The number of aliphatic imine (C=N–C) groups is 1. The van der Waals surface area contributed by atoms with Crippen molar-refractivity contribution in [1.82, 2.24) is 10.6 Å². The van der Waals surface area contributed by atoms with Gasteiger partial charge in [0, 0.05) is 25.3 Å². The minimum atomic E-state index is 0.150. The van der Waals surface area contributed by atoms with E-state index in [1.54, 1.807) is 13.2 Å². The number of rotatable bonds is 10. The predicted molar refractivity (Wildman–Crippen MR) is 109 cm³/mol. The summed E-state index contributed by atoms with van der Waals surface area (Å²) in [6.07, 6.45) is 6.54. The molecular weight excluding hydrogens is 342 g/mol. The zero-order valence-corrected chi connectivity index (χ0v) is 17.0. The highest BCUT2D eigenvalue weighted by Gasteiger charge is 2.25. The number of nitrogens with zero attached hydrogens (tertiary/aromatic N) is 1. The Morgan fingerprint density at radius 1 is 1.26 bits per heavy atom. The minimum Gasteiger partial charge on any atom is -0.504 e. The molecule has 0 aromatic heterocycles. The molecule has 1 atom stereocenters. The molecule has 152 valence electrons. The van der Waals surface area contributed by atoms with Gasteiger partial charge in [-0.05, 0) is 45.1 Å². The summed E-state index contributed by atoms with van der Waals surface area (Å²) in [6.45, 7) is 6.87. The summed E-state index contributed by atoms with van der Waals surface area (Å²) in [4.78, 5) is 4.60. The van der Waals surface area contributed by atoms with Crippen LogP contribution < -0.4 is 15.4 Å². The fraction of sp³-hybridized carbons (Fsp3) is 0.667. The van der Waals surface area contributed by atoms with Crippen LogP contribution in [0.5, 0.6) is 11.5 Å². The summed E-state index contributed by atoms with van der Waals surface area (Å²) in [5.41, 5.74) is 0.740. The first kappa shape index (κ1) is 21.4. The molecule has 6 heteroatoms. The van der Waals surface area contributed by atoms with Gasteiger partial charge in [0.1, 0.15) is 0 Å². The third-order valence-electron chi connectivity index (χ3n) is 5.08. The van der Waals surface area contributed by atoms with Crippen LogP contribution >= 0.6 is 0 Å². The fourth-order valence-electron chi connectivity index (χ4n) is 3.70. The number of phenolic OH excluding ortho intramolecular Hbond substituents is 1. The third kappa shape index (κ3) is 6.61. The van der Waals surface area contributed by atoms with Crippen LogP contribution in [0.3, 0.4) is 0 Å². The van der Waals surface area contributed by atoms with Crippen molar-refractivity contribution in [3.63, 3.8) is 0 Å². The lowest BCUT2D eigenvalue weighted by atomic mass is 9.98. The molecule has 1 fully saturated rings. The highest BCUT2D eigenvalue weighted by atomic mass is 16.5. The van der Waals surface area contributed by atoms with Gasteiger partial charge in [0.15, 0.2) is 17.5 Å². The van der Waals surface area contributed by atoms with Gasteiger partial charge in [0.2, 0.25) is 0 Å². The average Bonchev–Trinajstić information content (AvgIpc) is 3.21. The molecule has 0 amide bonds. The van der Waals surface area contributed by atoms with E-state index in [1.807, 2.05) is 19.1 Å². The van der Waals surface area contributed by atoms with E-state index in [-0.39, 0.29) is 5.75 Å². The maximum Gasteiger partial charge on any atom is 0.191 e. The molecule has 6 nitrogen and oxygen atoms in total. The lowest BCUT2D eigenvalue weighted by molar-refractivity contribution is 0.0169. The second-order valence-corrected chi connectivity index (χ2v) is 6.92. The number of ether oxygens (including phenoxy) is 2. The standard InChI is InChI=1S/C21H35N3O3/c1-4-22-21(24-15-17-11-8-12-19(26-3)20(17)25)23-14-13-18(27-5-2)16-9-6-7-10-16/h8,11-12,16,18,25H,4-7,9-10,13-15H2,1-3H3,(H2,22,23,24). The van der Waals surface area contributed by atoms with Crippen molar-refractivity contribution in [2.24, 2.45) is 10.9 Å². The number of aromatic hydroxyl groups is 1. The third-order valence-corrected chi connectivity index (χ3v) is 5.08. The van der Waals surface area contributed by atoms with Crippen molar-refractivity contribution in [1.29, 1.82) is 0 Å². The molecule has 3 N–H and O–H groups in total. The zero-order chi connectivity index (χ0) is 19.5. The summed E-state index contributed by atoms with van der Waals surface area (Å²) in [7, 11) is 1.55. The number of nitrogens with one attached hydrogen (secondary N) is 2. The van der Waals surface area contributed by atoms with E-state index in [4.69, 9.17) is 9.47 Å². The van der Waals surface area contributed by atoms with Gasteiger partial charge in [-0.15, -0.1) is 0 Å². The average molecular weight is 378 g/mol. The van der Waals surface area contributed by atoms with E-state index in [1.165, 1.54) is 25.7 Å². The fourth-order valence-corrected chi connectivity index (χ4v) is 3.70. The number of guanidine groups is 1. The van der Waals surface area contributed by atoms with Gasteiger partial charge in [-0.2, -0.15) is 0 Å². The topological polar surface area (TPSA) is 75.1 Å². The molecule has 1 saturated carbocycles. The molecule has 1 aliphatic carbocycles. The zero-order valence-electron chi connectivity index (χ0n) is 17.0. The van der Waals surface area contributed by atoms with Gasteiger partial charge in [-0.3, -0.25) is 0 Å². The lowest BCUT2D eigenvalue weighted by Gasteiger charge is -2.24. The smallest absolute Gasteiger partial charge is 0.191 e. The SMILES string of the molecule is CCNC(=NCc1cccc(OC)c1O)NCCC(OCC)C1CCCC1. The van der Waals surface area contributed by atoms with E-state index >= 15 is 0 Å². The summed E-state index contributed by atoms with van der Waals surface area (Å²) in [5.74, 6) is 2.07. The minimum absolute atomic E-state index is 0.150. The molecule has 27 heavy (non-hydrogen) atoms. The van der Waals surface area contributed by atoms with Crippen LogP contribution in [0.2, 0.25) is 0 Å². The van der Waals surface area contributed by atoms with E-state index < -0.39 is 0 Å². The van der Waals surface area contributed by atoms with Crippen molar-refractivity contribution in [2.45, 2.75) is 58.6 Å². The van der Waals surface area contributed by atoms with Crippen molar-refractivity contribution in [2.75, 3.05) is 26.8 Å². The first-order valence-electron chi connectivity index (χ1n) is 10.2. The van der Waals surface area contributed by atoms with Crippen LogP contribution in [-0.4, -0.2) is 44.0 Å². The molecule has 0 spiro atoms. The Balaban J connectivity index is 1.91. The summed E-state index contributed by atoms with van der Waals surface area (Å²) in [6, 6.07) is 5.46. The highest BCUT2D eigenvalue weighted by Crippen LogP contribution is 2.31. The Kier molecular flexibility index (Phi) is 9.25. The second kappa shape index (κ2) is 11.7. The lowest BCUT2D eigenvalue weighted by Crippen LogP contribution is -2.39. The van der Waals surface area contributed by atoms with Crippen LogP contribution in [0.15, 0.2) is 23.2 Å². The molecule has 0 radical (unpaired) electrons. The first-order valence-corrected chi connectivity index (χ1v) is 10.2. The van der Waals surface area contributed by atoms with Gasteiger partial charge in [0.25, 0.3) is 0 Å². The van der Waals surface area contributed by atoms with Crippen LogP contribution in [0.1, 0.15) is 51.5 Å². The van der Waals surface area contributed by atoms with Gasteiger partial charge >= 0.3 is 0 Å². The molecule has 0 bridgehead atoms. The number of benzene rings is 1. The Hall–Kier alpha value is -1.95. The molecular formula is C21H35N3O3. The predicted octanol–water partition coefficient (Wildman–Crippen LogP) is 3.44. The van der Waals surface area contributed by atoms with E-state index in [9.17, 15) is 5.11 Å². The summed E-state index contributed by atoms with van der Waals surface area (Å²) < 4.78 is 11.2. The van der Waals surface area contributed by atoms with Crippen LogP contribution in [0.25, 0.3) is 0 Å². The molecule has 1 aromatic rings. The number of hydrogen-bond donors (Lipinski definition) is 3. The largest absolute Gasteiger partial charge is 0.504 e. The maximum absolute atomic E-state index is 10.2. The molecule has 1 aliphatic rings. The Morgan fingerprint density at radius 2 is 2.04 bits per heavy atom. The van der Waals surface area contributed by atoms with Crippen LogP contribution in [0, 0.1) is 5.92 Å². The van der Waals surface area contributed by atoms with Crippen molar-refractivity contribution in [3.05, 3.63) is 23.8 Å². The molecule has 2 rings (SSSR count). The van der Waals surface area contributed by atoms with E-state index in [0.29, 0.717) is 24.3 Å². The number of hydrogen-bond acceptors (Lipinski definition) is 4. The van der Waals surface area contributed by atoms with Crippen molar-refractivity contribution < 1.29 is 14.6 Å². The van der Waals surface area contributed by atoms with E-state index in [2.05, 4.69) is 22.5 Å². The summed E-state index contributed by atoms with van der Waals surface area (Å²) >= 11 is 0. The van der Waals surface area contributed by atoms with Gasteiger partial charge in [0.05, 0.1) is 19.8 Å². The quantitative estimate of drug-likeness (QED) is 0.430. The normalized spacial score (nSPS) is 16.3. The van der Waals surface area contributed by atoms with Crippen molar-refractivity contribution in [3.8, 4) is 11.5 Å². The summed E-state index contributed by atoms with van der Waals surface area (Å²) in [5, 5.41) is 16.9. The van der Waals surface area contributed by atoms with E-state index in [0.717, 1.165) is 37.6 Å². The van der Waals surface area contributed by atoms with Gasteiger partial charge in [-0.25, -0.2) is 4.99 Å². The molecule has 1 aromatic carbocycles. The van der Waals surface area contributed by atoms with Crippen LogP contribution in [-0.2, 0) is 11.3 Å². The monoisotopic (exact) mass is 377 g/mol. The number of para-hydroxylation sites is 1.